The summed E-state index contributed by atoms with van der Waals surface area (Å²) in [4.78, 5) is 29.5. The minimum Gasteiger partial charge on any atom is -0.467 e. The number of para-hydroxylation sites is 1. The molecule has 1 aliphatic rings. The lowest BCUT2D eigenvalue weighted by atomic mass is 10.1. The van der Waals surface area contributed by atoms with Gasteiger partial charge in [-0.2, -0.15) is 13.2 Å². The first-order valence-electron chi connectivity index (χ1n) is 12.0. The topological polar surface area (TPSA) is 75.0 Å². The number of amides is 3. The zero-order valence-electron chi connectivity index (χ0n) is 20.1. The van der Waals surface area contributed by atoms with Crippen molar-refractivity contribution in [3.63, 3.8) is 0 Å². The van der Waals surface area contributed by atoms with E-state index in [9.17, 15) is 22.8 Å². The van der Waals surface area contributed by atoms with E-state index in [0.717, 1.165) is 18.1 Å². The van der Waals surface area contributed by atoms with E-state index in [0.29, 0.717) is 18.8 Å². The van der Waals surface area contributed by atoms with Gasteiger partial charge >= 0.3 is 12.2 Å². The van der Waals surface area contributed by atoms with Crippen molar-refractivity contribution >= 4 is 17.6 Å². The molecule has 3 aromatic rings. The Labute approximate surface area is 212 Å². The van der Waals surface area contributed by atoms with E-state index < -0.39 is 17.8 Å². The zero-order valence-corrected chi connectivity index (χ0v) is 20.1. The van der Waals surface area contributed by atoms with Gasteiger partial charge in [-0.25, -0.2) is 4.79 Å². The predicted octanol–water partition coefficient (Wildman–Crippen LogP) is 5.54. The van der Waals surface area contributed by atoms with Gasteiger partial charge in [0.05, 0.1) is 30.2 Å². The summed E-state index contributed by atoms with van der Waals surface area (Å²) in [6.07, 6.45) is -1.94. The second-order valence-electron chi connectivity index (χ2n) is 8.80. The largest absolute Gasteiger partial charge is 0.467 e. The molecule has 10 heteroatoms. The molecule has 4 rings (SSSR count). The molecule has 0 saturated carbocycles. The number of alkyl halides is 3. The number of rotatable bonds is 9. The number of furan rings is 1. The van der Waals surface area contributed by atoms with Gasteiger partial charge in [-0.1, -0.05) is 42.5 Å². The van der Waals surface area contributed by atoms with Crippen molar-refractivity contribution in [2.24, 2.45) is 0 Å². The highest BCUT2D eigenvalue weighted by molar-refractivity contribution is 5.93. The fourth-order valence-electron chi connectivity index (χ4n) is 4.18. The van der Waals surface area contributed by atoms with Gasteiger partial charge in [-0.15, -0.1) is 0 Å². The maximum absolute atomic E-state index is 13.5. The van der Waals surface area contributed by atoms with Crippen LogP contribution in [0.5, 0.6) is 0 Å². The van der Waals surface area contributed by atoms with Gasteiger partial charge in [-0.3, -0.25) is 4.79 Å². The minimum absolute atomic E-state index is 0.0751. The van der Waals surface area contributed by atoms with Crippen molar-refractivity contribution in [2.45, 2.75) is 38.2 Å². The summed E-state index contributed by atoms with van der Waals surface area (Å²) in [6.45, 7) is 0.711. The highest BCUT2D eigenvalue weighted by Gasteiger charge is 2.34. The lowest BCUT2D eigenvalue weighted by Crippen LogP contribution is -2.47. The highest BCUT2D eigenvalue weighted by Crippen LogP contribution is 2.34. The number of hydrogen-bond acceptors (Lipinski definition) is 4. The first kappa shape index (κ1) is 26.3. The smallest absolute Gasteiger partial charge is 0.418 e. The van der Waals surface area contributed by atoms with Crippen LogP contribution in [0.3, 0.4) is 0 Å². The average Bonchev–Trinajstić information content (AvgIpc) is 3.58. The van der Waals surface area contributed by atoms with Crippen molar-refractivity contribution in [3.8, 4) is 0 Å². The molecule has 7 nitrogen and oxygen atoms in total. The first-order chi connectivity index (χ1) is 17.8. The highest BCUT2D eigenvalue weighted by atomic mass is 19.4. The number of urea groups is 1. The van der Waals surface area contributed by atoms with Crippen molar-refractivity contribution in [3.05, 3.63) is 89.9 Å². The summed E-state index contributed by atoms with van der Waals surface area (Å²) in [5, 5.41) is 2.35. The quantitative estimate of drug-likeness (QED) is 0.406. The fraction of sp³-hybridized carbons (Fsp3) is 0.333. The molecule has 1 unspecified atom stereocenters. The molecule has 0 radical (unpaired) electrons. The number of hydrogen-bond donors (Lipinski definition) is 1. The minimum atomic E-state index is -4.64. The molecule has 3 amide bonds. The lowest BCUT2D eigenvalue weighted by Gasteiger charge is -2.29. The van der Waals surface area contributed by atoms with Crippen LogP contribution >= 0.6 is 0 Å². The monoisotopic (exact) mass is 515 g/mol. The molecule has 1 atom stereocenters. The third-order valence-electron chi connectivity index (χ3n) is 6.03. The van der Waals surface area contributed by atoms with E-state index in [-0.39, 0.29) is 43.9 Å². The number of carbonyl (C=O) groups is 2. The molecule has 1 aliphatic heterocycles. The van der Waals surface area contributed by atoms with Crippen LogP contribution in [-0.2, 0) is 28.8 Å². The number of carbonyl (C=O) groups excluding carboxylic acids is 2. The van der Waals surface area contributed by atoms with Gasteiger partial charge in [0.25, 0.3) is 0 Å². The normalized spacial score (nSPS) is 15.4. The molecule has 0 aliphatic carbocycles. The molecule has 1 N–H and O–H groups in total. The summed E-state index contributed by atoms with van der Waals surface area (Å²) in [5.74, 6) is 0.191. The van der Waals surface area contributed by atoms with Crippen molar-refractivity contribution < 1.29 is 31.9 Å². The molecule has 0 spiro atoms. The number of anilines is 1. The molecule has 1 aromatic heterocycles. The van der Waals surface area contributed by atoms with Crippen molar-refractivity contribution in [1.29, 1.82) is 0 Å². The Kier molecular flexibility index (Phi) is 8.50. The summed E-state index contributed by atoms with van der Waals surface area (Å²) in [7, 11) is 0. The average molecular weight is 516 g/mol. The summed E-state index contributed by atoms with van der Waals surface area (Å²) in [6, 6.07) is 16.8. The van der Waals surface area contributed by atoms with Crippen LogP contribution in [0, 0.1) is 0 Å². The number of ether oxygens (including phenoxy) is 1. The Bertz CT molecular complexity index is 1160. The summed E-state index contributed by atoms with van der Waals surface area (Å²) >= 11 is 0. The predicted molar refractivity (Wildman–Crippen MR) is 130 cm³/mol. The lowest BCUT2D eigenvalue weighted by molar-refractivity contribution is -0.137. The van der Waals surface area contributed by atoms with E-state index >= 15 is 0 Å². The molecule has 2 aromatic carbocycles. The van der Waals surface area contributed by atoms with Crippen LogP contribution in [0.25, 0.3) is 0 Å². The molecular weight excluding hydrogens is 487 g/mol. The van der Waals surface area contributed by atoms with E-state index in [1.807, 2.05) is 30.3 Å². The third-order valence-corrected chi connectivity index (χ3v) is 6.03. The zero-order chi connectivity index (χ0) is 26.3. The molecule has 196 valence electrons. The maximum atomic E-state index is 13.5. The van der Waals surface area contributed by atoms with Crippen molar-refractivity contribution in [1.82, 2.24) is 9.80 Å². The number of benzene rings is 2. The number of halogens is 3. The molecule has 1 saturated heterocycles. The fourth-order valence-corrected chi connectivity index (χ4v) is 4.18. The van der Waals surface area contributed by atoms with E-state index in [1.54, 1.807) is 17.0 Å². The van der Waals surface area contributed by atoms with E-state index in [4.69, 9.17) is 9.15 Å². The van der Waals surface area contributed by atoms with Gasteiger partial charge < -0.3 is 24.3 Å². The van der Waals surface area contributed by atoms with Crippen LogP contribution < -0.4 is 5.32 Å². The van der Waals surface area contributed by atoms with Crippen LogP contribution in [0.2, 0.25) is 0 Å². The van der Waals surface area contributed by atoms with Gasteiger partial charge in [0.2, 0.25) is 5.91 Å². The Morgan fingerprint density at radius 3 is 2.38 bits per heavy atom. The van der Waals surface area contributed by atoms with E-state index in [2.05, 4.69) is 5.32 Å². The Morgan fingerprint density at radius 2 is 1.70 bits per heavy atom. The molecule has 1 fully saturated rings. The molecule has 2 heterocycles. The van der Waals surface area contributed by atoms with E-state index in [1.165, 1.54) is 29.4 Å². The first-order valence-corrected chi connectivity index (χ1v) is 12.0. The van der Waals surface area contributed by atoms with Crippen molar-refractivity contribution in [2.75, 3.05) is 25.0 Å². The number of nitrogens with one attached hydrogen (secondary N) is 1. The Hall–Kier alpha value is -3.79. The van der Waals surface area contributed by atoms with Crippen LogP contribution in [0.15, 0.2) is 77.4 Å². The maximum Gasteiger partial charge on any atom is 0.418 e. The summed E-state index contributed by atoms with van der Waals surface area (Å²) < 4.78 is 51.5. The Balaban J connectivity index is 1.54. The molecular formula is C27H28F3N3O4. The van der Waals surface area contributed by atoms with Crippen LogP contribution in [0.4, 0.5) is 23.7 Å². The van der Waals surface area contributed by atoms with Gasteiger partial charge in [0.15, 0.2) is 0 Å². The van der Waals surface area contributed by atoms with Crippen LogP contribution in [0.1, 0.15) is 29.7 Å². The summed E-state index contributed by atoms with van der Waals surface area (Å²) in [5.41, 5.74) is -0.451. The SMILES string of the molecule is O=C(CN(CC1CCCO1)C(=O)Nc1ccccc1C(F)(F)F)N(Cc1ccccc1)Cc1ccco1. The van der Waals surface area contributed by atoms with Gasteiger partial charge in [0.1, 0.15) is 12.3 Å². The second-order valence-corrected chi connectivity index (χ2v) is 8.80. The molecule has 37 heavy (non-hydrogen) atoms. The second kappa shape index (κ2) is 12.0. The standard InChI is InChI=1S/C27H28F3N3O4/c28-27(29,30)23-12-4-5-13-24(23)31-26(35)33(18-22-11-7-15-37-22)19-25(34)32(17-21-10-6-14-36-21)16-20-8-2-1-3-9-20/h1-6,8-10,12-14,22H,7,11,15-19H2,(H,31,35). The Morgan fingerprint density at radius 1 is 0.946 bits per heavy atom. The van der Waals surface area contributed by atoms with Crippen LogP contribution in [-0.4, -0.2) is 47.5 Å². The third kappa shape index (κ3) is 7.36. The molecule has 0 bridgehead atoms. The van der Waals surface area contributed by atoms with Gasteiger partial charge in [0, 0.05) is 19.7 Å². The van der Waals surface area contributed by atoms with Gasteiger partial charge in [-0.05, 0) is 42.7 Å². The number of nitrogens with zero attached hydrogens (tertiary/aromatic N) is 2.